The molecule has 0 heterocycles. The molecule has 0 radical (unpaired) electrons. The summed E-state index contributed by atoms with van der Waals surface area (Å²) in [7, 11) is 0. The Morgan fingerprint density at radius 1 is 1.36 bits per heavy atom. The highest BCUT2D eigenvalue weighted by molar-refractivity contribution is 4.90. The molecule has 64 valence electrons. The zero-order valence-electron chi connectivity index (χ0n) is 7.00. The average molecular weight is 154 g/mol. The molecule has 2 nitrogen and oxygen atoms in total. The van der Waals surface area contributed by atoms with Gasteiger partial charge in [0.2, 0.25) is 0 Å². The molecule has 0 saturated heterocycles. The second-order valence-corrected chi connectivity index (χ2v) is 3.30. The Bertz CT molecular complexity index is 132. The highest BCUT2D eigenvalue weighted by Crippen LogP contribution is 2.32. The van der Waals surface area contributed by atoms with Gasteiger partial charge in [-0.2, -0.15) is 0 Å². The molecule has 1 aliphatic rings. The van der Waals surface area contributed by atoms with Gasteiger partial charge in [0.05, 0.1) is 0 Å². The van der Waals surface area contributed by atoms with Crippen LogP contribution < -0.4 is 11.5 Å². The van der Waals surface area contributed by atoms with E-state index in [2.05, 4.69) is 6.08 Å². The molecule has 4 N–H and O–H groups in total. The minimum Gasteiger partial charge on any atom is -0.327 e. The third kappa shape index (κ3) is 3.54. The largest absolute Gasteiger partial charge is 0.327 e. The van der Waals surface area contributed by atoms with Gasteiger partial charge in [-0.3, -0.25) is 0 Å². The highest BCUT2D eigenvalue weighted by Gasteiger charge is 2.31. The second kappa shape index (κ2) is 4.52. The van der Waals surface area contributed by atoms with E-state index in [1.165, 1.54) is 25.7 Å². The lowest BCUT2D eigenvalue weighted by Gasteiger charge is -1.93. The Balaban J connectivity index is 1.85. The molecule has 0 bridgehead atoms. The molecule has 1 rings (SSSR count). The van der Waals surface area contributed by atoms with E-state index in [0.717, 1.165) is 5.92 Å². The summed E-state index contributed by atoms with van der Waals surface area (Å²) in [5.41, 5.74) is 11.0. The smallest absolute Gasteiger partial charge is 0.0106 e. The van der Waals surface area contributed by atoms with Crippen molar-refractivity contribution in [2.45, 2.75) is 31.7 Å². The molecule has 1 fully saturated rings. The van der Waals surface area contributed by atoms with E-state index < -0.39 is 0 Å². The van der Waals surface area contributed by atoms with Gasteiger partial charge in [-0.1, -0.05) is 12.2 Å². The molecule has 0 amide bonds. The van der Waals surface area contributed by atoms with E-state index in [1.54, 1.807) is 0 Å². The van der Waals surface area contributed by atoms with Gasteiger partial charge >= 0.3 is 0 Å². The molecule has 0 spiro atoms. The first-order valence-electron chi connectivity index (χ1n) is 4.45. The molecule has 1 unspecified atom stereocenters. The molecule has 0 aromatic rings. The quantitative estimate of drug-likeness (QED) is 0.459. The fourth-order valence-electron chi connectivity index (χ4n) is 1.31. The number of nitrogens with two attached hydrogens (primary N) is 2. The van der Waals surface area contributed by atoms with Gasteiger partial charge in [0.1, 0.15) is 0 Å². The molecular weight excluding hydrogens is 136 g/mol. The van der Waals surface area contributed by atoms with Crippen molar-refractivity contribution in [1.82, 2.24) is 0 Å². The monoisotopic (exact) mass is 154 g/mol. The minimum atomic E-state index is 0.522. The van der Waals surface area contributed by atoms with Gasteiger partial charge in [-0.25, -0.2) is 0 Å². The van der Waals surface area contributed by atoms with E-state index in [1.807, 2.05) is 6.08 Å². The third-order valence-electron chi connectivity index (χ3n) is 2.23. The summed E-state index contributed by atoms with van der Waals surface area (Å²) in [5, 5.41) is 0. The molecular formula is C9H18N2. The maximum absolute atomic E-state index is 5.67. The SMILES string of the molecule is NC/C=C\CCC[C@H]1CC1N. The lowest BCUT2D eigenvalue weighted by molar-refractivity contribution is 0.655. The Kier molecular flexibility index (Phi) is 3.60. The van der Waals surface area contributed by atoms with Gasteiger partial charge in [0.25, 0.3) is 0 Å². The fraction of sp³-hybridized carbons (Fsp3) is 0.778. The van der Waals surface area contributed by atoms with E-state index in [4.69, 9.17) is 11.5 Å². The van der Waals surface area contributed by atoms with Crippen molar-refractivity contribution < 1.29 is 0 Å². The van der Waals surface area contributed by atoms with Crippen LogP contribution in [0.5, 0.6) is 0 Å². The zero-order valence-corrected chi connectivity index (χ0v) is 7.00. The maximum Gasteiger partial charge on any atom is 0.0106 e. The third-order valence-corrected chi connectivity index (χ3v) is 2.23. The Labute approximate surface area is 68.6 Å². The Hall–Kier alpha value is -0.340. The van der Waals surface area contributed by atoms with Gasteiger partial charge in [0, 0.05) is 12.6 Å². The van der Waals surface area contributed by atoms with E-state index >= 15 is 0 Å². The highest BCUT2D eigenvalue weighted by atomic mass is 14.7. The molecule has 0 aliphatic heterocycles. The van der Waals surface area contributed by atoms with Crippen LogP contribution in [0.4, 0.5) is 0 Å². The number of rotatable bonds is 5. The van der Waals surface area contributed by atoms with Gasteiger partial charge < -0.3 is 11.5 Å². The average Bonchev–Trinajstić information content (AvgIpc) is 2.67. The van der Waals surface area contributed by atoms with Crippen LogP contribution in [0.3, 0.4) is 0 Å². The zero-order chi connectivity index (χ0) is 8.10. The summed E-state index contributed by atoms with van der Waals surface area (Å²) in [6.45, 7) is 0.670. The fourth-order valence-corrected chi connectivity index (χ4v) is 1.31. The van der Waals surface area contributed by atoms with Gasteiger partial charge in [-0.15, -0.1) is 0 Å². The first kappa shape index (κ1) is 8.75. The molecule has 1 saturated carbocycles. The molecule has 0 aromatic heterocycles. The van der Waals surface area contributed by atoms with Crippen LogP contribution in [0.15, 0.2) is 12.2 Å². The van der Waals surface area contributed by atoms with Crippen LogP contribution in [0, 0.1) is 5.92 Å². The summed E-state index contributed by atoms with van der Waals surface area (Å²) < 4.78 is 0. The van der Waals surface area contributed by atoms with Gasteiger partial charge in [-0.05, 0) is 31.6 Å². The van der Waals surface area contributed by atoms with Crippen LogP contribution in [0.25, 0.3) is 0 Å². The maximum atomic E-state index is 5.67. The van der Waals surface area contributed by atoms with Crippen LogP contribution >= 0.6 is 0 Å². The van der Waals surface area contributed by atoms with Crippen LogP contribution in [0.1, 0.15) is 25.7 Å². The Morgan fingerprint density at radius 2 is 2.09 bits per heavy atom. The van der Waals surface area contributed by atoms with Crippen molar-refractivity contribution in [2.75, 3.05) is 6.54 Å². The molecule has 0 aromatic carbocycles. The lowest BCUT2D eigenvalue weighted by Crippen LogP contribution is -2.01. The number of hydrogen-bond donors (Lipinski definition) is 2. The molecule has 11 heavy (non-hydrogen) atoms. The molecule has 2 heteroatoms. The summed E-state index contributed by atoms with van der Waals surface area (Å²) >= 11 is 0. The van der Waals surface area contributed by atoms with Gasteiger partial charge in [0.15, 0.2) is 0 Å². The van der Waals surface area contributed by atoms with Crippen LogP contribution in [0.2, 0.25) is 0 Å². The van der Waals surface area contributed by atoms with Crippen molar-refractivity contribution in [2.24, 2.45) is 17.4 Å². The van der Waals surface area contributed by atoms with Crippen molar-refractivity contribution in [3.63, 3.8) is 0 Å². The molecule has 1 aliphatic carbocycles. The van der Waals surface area contributed by atoms with Crippen LogP contribution in [-0.2, 0) is 0 Å². The number of allylic oxidation sites excluding steroid dienone is 1. The number of hydrogen-bond acceptors (Lipinski definition) is 2. The summed E-state index contributed by atoms with van der Waals surface area (Å²) in [4.78, 5) is 0. The van der Waals surface area contributed by atoms with Crippen LogP contribution in [-0.4, -0.2) is 12.6 Å². The van der Waals surface area contributed by atoms with E-state index in [0.29, 0.717) is 12.6 Å². The van der Waals surface area contributed by atoms with E-state index in [9.17, 15) is 0 Å². The summed E-state index contributed by atoms with van der Waals surface area (Å²) in [5.74, 6) is 0.835. The van der Waals surface area contributed by atoms with E-state index in [-0.39, 0.29) is 0 Å². The lowest BCUT2D eigenvalue weighted by atomic mass is 10.1. The van der Waals surface area contributed by atoms with Crippen molar-refractivity contribution in [3.05, 3.63) is 12.2 Å². The topological polar surface area (TPSA) is 52.0 Å². The second-order valence-electron chi connectivity index (χ2n) is 3.30. The first-order chi connectivity index (χ1) is 5.34. The standard InChI is InChI=1S/C9H18N2/c10-6-4-2-1-3-5-8-7-9(8)11/h2,4,8-9H,1,3,5-7,10-11H2/b4-2-/t8-,9?/m0/s1. The van der Waals surface area contributed by atoms with Crippen molar-refractivity contribution in [1.29, 1.82) is 0 Å². The Morgan fingerprint density at radius 3 is 2.64 bits per heavy atom. The molecule has 2 atom stereocenters. The number of unbranched alkanes of at least 4 members (excludes halogenated alkanes) is 1. The normalized spacial score (nSPS) is 29.6. The summed E-state index contributed by atoms with van der Waals surface area (Å²) in [6, 6.07) is 0.522. The predicted octanol–water partition coefficient (Wildman–Crippen LogP) is 1.02. The predicted molar refractivity (Wildman–Crippen MR) is 48.1 cm³/mol. The van der Waals surface area contributed by atoms with Crippen molar-refractivity contribution >= 4 is 0 Å². The first-order valence-corrected chi connectivity index (χ1v) is 4.45. The minimum absolute atomic E-state index is 0.522. The van der Waals surface area contributed by atoms with Crippen molar-refractivity contribution in [3.8, 4) is 0 Å². The summed E-state index contributed by atoms with van der Waals surface area (Å²) in [6.07, 6.45) is 9.17.